The van der Waals surface area contributed by atoms with E-state index in [9.17, 15) is 4.79 Å². The van der Waals surface area contributed by atoms with Crippen molar-refractivity contribution in [3.63, 3.8) is 0 Å². The smallest absolute Gasteiger partial charge is 0.251 e. The van der Waals surface area contributed by atoms with Crippen molar-refractivity contribution in [3.05, 3.63) is 65.7 Å². The molecule has 4 heteroatoms. The Balaban J connectivity index is 1.27. The zero-order valence-electron chi connectivity index (χ0n) is 15.7. The summed E-state index contributed by atoms with van der Waals surface area (Å²) in [6.45, 7) is 3.49. The molecule has 142 valence electrons. The lowest BCUT2D eigenvalue weighted by Gasteiger charge is -2.23. The lowest BCUT2D eigenvalue weighted by Crippen LogP contribution is -2.33. The normalized spacial score (nSPS) is 20.7. The quantitative estimate of drug-likeness (QED) is 0.787. The first-order chi connectivity index (χ1) is 13.2. The van der Waals surface area contributed by atoms with Crippen molar-refractivity contribution < 1.29 is 9.53 Å². The summed E-state index contributed by atoms with van der Waals surface area (Å²) >= 11 is 0. The summed E-state index contributed by atoms with van der Waals surface area (Å²) < 4.78 is 5.90. The number of carbonyl (C=O) groups excluding carboxylic acids is 1. The van der Waals surface area contributed by atoms with E-state index in [-0.39, 0.29) is 11.3 Å². The molecule has 0 radical (unpaired) electrons. The monoisotopic (exact) mass is 364 g/mol. The summed E-state index contributed by atoms with van der Waals surface area (Å²) in [6, 6.07) is 18.0. The lowest BCUT2D eigenvalue weighted by molar-refractivity contribution is 0.0937. The van der Waals surface area contributed by atoms with Crippen molar-refractivity contribution in [2.24, 2.45) is 5.41 Å². The van der Waals surface area contributed by atoms with Crippen molar-refractivity contribution in [2.45, 2.75) is 31.6 Å². The van der Waals surface area contributed by atoms with Gasteiger partial charge in [0.05, 0.1) is 6.61 Å². The van der Waals surface area contributed by atoms with Gasteiger partial charge in [-0.25, -0.2) is 0 Å². The van der Waals surface area contributed by atoms with Crippen LogP contribution < -0.4 is 15.4 Å². The molecule has 0 bridgehead atoms. The Morgan fingerprint density at radius 2 is 1.89 bits per heavy atom. The zero-order chi connectivity index (χ0) is 18.5. The summed E-state index contributed by atoms with van der Waals surface area (Å²) in [5, 5.41) is 6.55. The SMILES string of the molecule is O=C(NCC1(COc2ccccc2)CC1)c1ccc(C2CCCNC2)cc1. The molecule has 1 saturated heterocycles. The van der Waals surface area contributed by atoms with Crippen LogP contribution in [-0.2, 0) is 0 Å². The molecule has 1 aliphatic carbocycles. The van der Waals surface area contributed by atoms with Crippen LogP contribution in [0.2, 0.25) is 0 Å². The second-order valence-corrected chi connectivity index (χ2v) is 7.95. The van der Waals surface area contributed by atoms with Gasteiger partial charge in [-0.2, -0.15) is 0 Å². The first-order valence-electron chi connectivity index (χ1n) is 10.0. The standard InChI is InChI=1S/C23H28N2O2/c26-22(19-10-8-18(9-11-19)20-5-4-14-24-15-20)25-16-23(12-13-23)17-27-21-6-2-1-3-7-21/h1-3,6-11,20,24H,4-5,12-17H2,(H,25,26). The van der Waals surface area contributed by atoms with Gasteiger partial charge in [-0.15, -0.1) is 0 Å². The molecule has 1 unspecified atom stereocenters. The highest BCUT2D eigenvalue weighted by Gasteiger charge is 2.43. The zero-order valence-corrected chi connectivity index (χ0v) is 15.7. The van der Waals surface area contributed by atoms with Gasteiger partial charge in [0.15, 0.2) is 0 Å². The van der Waals surface area contributed by atoms with E-state index >= 15 is 0 Å². The van der Waals surface area contributed by atoms with Crippen LogP contribution in [0.3, 0.4) is 0 Å². The van der Waals surface area contributed by atoms with Gasteiger partial charge in [-0.3, -0.25) is 4.79 Å². The predicted octanol–water partition coefficient (Wildman–Crippen LogP) is 3.74. The number of amides is 1. The molecule has 4 nitrogen and oxygen atoms in total. The van der Waals surface area contributed by atoms with Crippen LogP contribution in [0.1, 0.15) is 47.5 Å². The minimum absolute atomic E-state index is 0.00862. The first-order valence-corrected chi connectivity index (χ1v) is 10.0. The molecule has 1 aliphatic heterocycles. The molecule has 2 aliphatic rings. The highest BCUT2D eigenvalue weighted by atomic mass is 16.5. The summed E-state index contributed by atoms with van der Waals surface area (Å²) in [7, 11) is 0. The topological polar surface area (TPSA) is 50.4 Å². The van der Waals surface area contributed by atoms with Crippen LogP contribution in [-0.4, -0.2) is 32.1 Å². The Bertz CT molecular complexity index is 748. The van der Waals surface area contributed by atoms with Crippen LogP contribution in [0.25, 0.3) is 0 Å². The van der Waals surface area contributed by atoms with Crippen molar-refractivity contribution in [2.75, 3.05) is 26.2 Å². The highest BCUT2D eigenvalue weighted by molar-refractivity contribution is 5.94. The molecular weight excluding hydrogens is 336 g/mol. The fraction of sp³-hybridized carbons (Fsp3) is 0.435. The van der Waals surface area contributed by atoms with Gasteiger partial charge in [0.1, 0.15) is 5.75 Å². The minimum atomic E-state index is 0.00862. The molecule has 27 heavy (non-hydrogen) atoms. The number of benzene rings is 2. The average molecular weight is 364 g/mol. The number of hydrogen-bond donors (Lipinski definition) is 2. The molecule has 2 N–H and O–H groups in total. The maximum absolute atomic E-state index is 12.5. The van der Waals surface area contributed by atoms with E-state index in [1.165, 1.54) is 18.4 Å². The van der Waals surface area contributed by atoms with Gasteiger partial charge in [0.2, 0.25) is 0 Å². The number of nitrogens with one attached hydrogen (secondary N) is 2. The second-order valence-electron chi connectivity index (χ2n) is 7.95. The molecule has 2 aromatic carbocycles. The van der Waals surface area contributed by atoms with Gasteiger partial charge in [0, 0.05) is 24.1 Å². The van der Waals surface area contributed by atoms with Crippen molar-refractivity contribution in [1.29, 1.82) is 0 Å². The fourth-order valence-electron chi connectivity index (χ4n) is 3.71. The number of rotatable bonds is 7. The summed E-state index contributed by atoms with van der Waals surface area (Å²) in [4.78, 5) is 12.5. The largest absolute Gasteiger partial charge is 0.493 e. The number of ether oxygens (including phenoxy) is 1. The van der Waals surface area contributed by atoms with Crippen LogP contribution in [0, 0.1) is 5.41 Å². The number of piperidine rings is 1. The fourth-order valence-corrected chi connectivity index (χ4v) is 3.71. The van der Waals surface area contributed by atoms with Gasteiger partial charge in [0.25, 0.3) is 5.91 Å². The van der Waals surface area contributed by atoms with Crippen molar-refractivity contribution >= 4 is 5.91 Å². The van der Waals surface area contributed by atoms with Crippen LogP contribution in [0.4, 0.5) is 0 Å². The Morgan fingerprint density at radius 1 is 1.11 bits per heavy atom. The number of carbonyl (C=O) groups is 1. The van der Waals surface area contributed by atoms with Crippen LogP contribution >= 0.6 is 0 Å². The van der Waals surface area contributed by atoms with Gasteiger partial charge in [-0.1, -0.05) is 30.3 Å². The Kier molecular flexibility index (Phi) is 5.44. The average Bonchev–Trinajstić information content (AvgIpc) is 3.52. The number of hydrogen-bond acceptors (Lipinski definition) is 3. The van der Waals surface area contributed by atoms with Crippen molar-refractivity contribution in [3.8, 4) is 5.75 Å². The third-order valence-electron chi connectivity index (χ3n) is 5.81. The maximum atomic E-state index is 12.5. The Labute approximate surface area is 161 Å². The van der Waals surface area contributed by atoms with Crippen LogP contribution in [0.5, 0.6) is 5.75 Å². The van der Waals surface area contributed by atoms with Gasteiger partial charge >= 0.3 is 0 Å². The molecule has 2 fully saturated rings. The molecule has 1 amide bonds. The van der Waals surface area contributed by atoms with E-state index in [2.05, 4.69) is 22.8 Å². The molecule has 1 atom stereocenters. The Hall–Kier alpha value is -2.33. The van der Waals surface area contributed by atoms with Crippen molar-refractivity contribution in [1.82, 2.24) is 10.6 Å². The second kappa shape index (κ2) is 8.13. The maximum Gasteiger partial charge on any atom is 0.251 e. The van der Waals surface area contributed by atoms with E-state index in [4.69, 9.17) is 4.74 Å². The first kappa shape index (κ1) is 18.1. The van der Waals surface area contributed by atoms with Crippen LogP contribution in [0.15, 0.2) is 54.6 Å². The van der Waals surface area contributed by atoms with Gasteiger partial charge in [-0.05, 0) is 68.0 Å². The minimum Gasteiger partial charge on any atom is -0.493 e. The molecule has 2 aromatic rings. The summed E-state index contributed by atoms with van der Waals surface area (Å²) in [5.41, 5.74) is 2.16. The molecule has 1 saturated carbocycles. The number of para-hydroxylation sites is 1. The summed E-state index contributed by atoms with van der Waals surface area (Å²) in [5.74, 6) is 1.47. The molecule has 0 spiro atoms. The summed E-state index contributed by atoms with van der Waals surface area (Å²) in [6.07, 6.45) is 4.66. The Morgan fingerprint density at radius 3 is 2.56 bits per heavy atom. The molecule has 4 rings (SSSR count). The third-order valence-corrected chi connectivity index (χ3v) is 5.81. The molecule has 0 aromatic heterocycles. The molecule has 1 heterocycles. The van der Waals surface area contributed by atoms with E-state index in [0.717, 1.165) is 37.2 Å². The van der Waals surface area contributed by atoms with E-state index in [1.807, 2.05) is 42.5 Å². The van der Waals surface area contributed by atoms with E-state index < -0.39 is 0 Å². The van der Waals surface area contributed by atoms with Gasteiger partial charge < -0.3 is 15.4 Å². The highest BCUT2D eigenvalue weighted by Crippen LogP contribution is 2.45. The van der Waals surface area contributed by atoms with E-state index in [1.54, 1.807) is 0 Å². The third kappa shape index (κ3) is 4.69. The molecular formula is C23H28N2O2. The lowest BCUT2D eigenvalue weighted by atomic mass is 9.91. The van der Waals surface area contributed by atoms with E-state index in [0.29, 0.717) is 19.1 Å². The predicted molar refractivity (Wildman–Crippen MR) is 107 cm³/mol.